The molecule has 2 nitrogen and oxygen atoms in total. The van der Waals surface area contributed by atoms with Crippen LogP contribution in [0.3, 0.4) is 0 Å². The maximum atomic E-state index is 8.01. The van der Waals surface area contributed by atoms with Crippen molar-refractivity contribution in [1.29, 1.82) is 0 Å². The molecule has 4 heteroatoms. The van der Waals surface area contributed by atoms with Gasteiger partial charge in [0.1, 0.15) is 0 Å². The molecule has 0 unspecified atom stereocenters. The quantitative estimate of drug-likeness (QED) is 0.383. The van der Waals surface area contributed by atoms with Crippen molar-refractivity contribution in [2.45, 2.75) is 0 Å². The first-order chi connectivity index (χ1) is 3.93. The maximum absolute atomic E-state index is 8.01. The van der Waals surface area contributed by atoms with Crippen LogP contribution in [0.25, 0.3) is 0 Å². The van der Waals surface area contributed by atoms with E-state index in [2.05, 4.69) is 5.16 Å². The molecule has 0 aliphatic rings. The van der Waals surface area contributed by atoms with Crippen LogP contribution < -0.4 is 0 Å². The summed E-state index contributed by atoms with van der Waals surface area (Å²) in [6.45, 7) is 0. The lowest BCUT2D eigenvalue weighted by molar-refractivity contribution is 0.322. The standard InChI is InChI=1S/C5H5NOS.ClH/c7-6-4-5-2-1-3-8-5;/h1-4,7H;1H. The zero-order chi connectivity index (χ0) is 5.82. The van der Waals surface area contributed by atoms with Crippen molar-refractivity contribution in [3.63, 3.8) is 0 Å². The van der Waals surface area contributed by atoms with Crippen LogP contribution in [0.4, 0.5) is 0 Å². The molecule has 0 fully saturated rings. The van der Waals surface area contributed by atoms with Crippen molar-refractivity contribution < 1.29 is 5.21 Å². The smallest absolute Gasteiger partial charge is 0.0833 e. The van der Waals surface area contributed by atoms with Crippen LogP contribution in [0.1, 0.15) is 4.88 Å². The molecule has 0 aliphatic heterocycles. The second kappa shape index (κ2) is 4.35. The van der Waals surface area contributed by atoms with Gasteiger partial charge in [-0.2, -0.15) is 0 Å². The fourth-order valence-corrected chi connectivity index (χ4v) is 1.00. The van der Waals surface area contributed by atoms with Gasteiger partial charge < -0.3 is 5.21 Å². The zero-order valence-electron chi connectivity index (χ0n) is 4.52. The van der Waals surface area contributed by atoms with Gasteiger partial charge in [0.2, 0.25) is 0 Å². The number of halogens is 1. The fourth-order valence-electron chi connectivity index (χ4n) is 0.422. The summed E-state index contributed by atoms with van der Waals surface area (Å²) < 4.78 is 0. The molecular formula is C5H6ClNOS. The van der Waals surface area contributed by atoms with Crippen LogP contribution in [-0.4, -0.2) is 11.4 Å². The van der Waals surface area contributed by atoms with Gasteiger partial charge in [0.15, 0.2) is 0 Å². The molecule has 0 aliphatic carbocycles. The summed E-state index contributed by atoms with van der Waals surface area (Å²) in [6, 6.07) is 3.78. The van der Waals surface area contributed by atoms with Crippen molar-refractivity contribution >= 4 is 30.0 Å². The van der Waals surface area contributed by atoms with Gasteiger partial charge in [0, 0.05) is 4.88 Å². The van der Waals surface area contributed by atoms with Gasteiger partial charge in [-0.1, -0.05) is 11.2 Å². The second-order valence-electron chi connectivity index (χ2n) is 1.26. The van der Waals surface area contributed by atoms with Gasteiger partial charge in [-0.05, 0) is 11.4 Å². The lowest BCUT2D eigenvalue weighted by Crippen LogP contribution is -1.67. The Morgan fingerprint density at radius 2 is 2.44 bits per heavy atom. The molecule has 1 heterocycles. The Morgan fingerprint density at radius 3 is 2.89 bits per heavy atom. The third kappa shape index (κ3) is 2.49. The molecular weight excluding hydrogens is 158 g/mol. The minimum atomic E-state index is 0. The Bertz CT molecular complexity index is 173. The first-order valence-electron chi connectivity index (χ1n) is 2.14. The number of nitrogens with zero attached hydrogens (tertiary/aromatic N) is 1. The van der Waals surface area contributed by atoms with Gasteiger partial charge in [0.05, 0.1) is 6.21 Å². The minimum absolute atomic E-state index is 0. The van der Waals surface area contributed by atoms with Crippen LogP contribution in [0, 0.1) is 0 Å². The lowest BCUT2D eigenvalue weighted by Gasteiger charge is -1.73. The van der Waals surface area contributed by atoms with E-state index >= 15 is 0 Å². The monoisotopic (exact) mass is 163 g/mol. The van der Waals surface area contributed by atoms with E-state index in [-0.39, 0.29) is 12.4 Å². The van der Waals surface area contributed by atoms with Gasteiger partial charge in [0.25, 0.3) is 0 Å². The molecule has 0 saturated carbocycles. The van der Waals surface area contributed by atoms with Gasteiger partial charge in [-0.25, -0.2) is 0 Å². The summed E-state index contributed by atoms with van der Waals surface area (Å²) in [6.07, 6.45) is 1.41. The molecule has 0 spiro atoms. The van der Waals surface area contributed by atoms with E-state index in [0.29, 0.717) is 0 Å². The molecule has 1 N–H and O–H groups in total. The number of rotatable bonds is 1. The summed E-state index contributed by atoms with van der Waals surface area (Å²) in [5, 5.41) is 12.8. The zero-order valence-corrected chi connectivity index (χ0v) is 6.15. The molecule has 0 saturated heterocycles. The Morgan fingerprint density at radius 1 is 1.67 bits per heavy atom. The summed E-state index contributed by atoms with van der Waals surface area (Å²) in [7, 11) is 0. The van der Waals surface area contributed by atoms with Gasteiger partial charge >= 0.3 is 0 Å². The van der Waals surface area contributed by atoms with Crippen LogP contribution in [0.5, 0.6) is 0 Å². The van der Waals surface area contributed by atoms with Crippen LogP contribution in [0.2, 0.25) is 0 Å². The summed E-state index contributed by atoms with van der Waals surface area (Å²) in [5.41, 5.74) is 0. The van der Waals surface area contributed by atoms with E-state index in [1.165, 1.54) is 17.6 Å². The molecule has 1 aromatic heterocycles. The molecule has 0 amide bonds. The highest BCUT2D eigenvalue weighted by Gasteiger charge is 1.82. The molecule has 50 valence electrons. The van der Waals surface area contributed by atoms with Crippen molar-refractivity contribution in [3.05, 3.63) is 22.4 Å². The van der Waals surface area contributed by atoms with E-state index in [4.69, 9.17) is 5.21 Å². The number of hydrogen-bond acceptors (Lipinski definition) is 3. The number of thiophene rings is 1. The first kappa shape index (κ1) is 8.46. The molecule has 9 heavy (non-hydrogen) atoms. The minimum Gasteiger partial charge on any atom is -0.411 e. The summed E-state index contributed by atoms with van der Waals surface area (Å²) in [5.74, 6) is 0. The number of oxime groups is 1. The average molecular weight is 164 g/mol. The Balaban J connectivity index is 0.000000640. The molecule has 0 atom stereocenters. The first-order valence-corrected chi connectivity index (χ1v) is 3.02. The average Bonchev–Trinajstić information content (AvgIpc) is 2.19. The SMILES string of the molecule is Cl.ON=Cc1cccs1. The van der Waals surface area contributed by atoms with E-state index in [1.807, 2.05) is 17.5 Å². The summed E-state index contributed by atoms with van der Waals surface area (Å²) >= 11 is 1.54. The van der Waals surface area contributed by atoms with Crippen LogP contribution >= 0.6 is 23.7 Å². The highest BCUT2D eigenvalue weighted by molar-refractivity contribution is 7.11. The highest BCUT2D eigenvalue weighted by atomic mass is 35.5. The van der Waals surface area contributed by atoms with Crippen molar-refractivity contribution in [2.75, 3.05) is 0 Å². The molecule has 0 radical (unpaired) electrons. The Labute approximate surface area is 63.2 Å². The highest BCUT2D eigenvalue weighted by Crippen LogP contribution is 2.03. The van der Waals surface area contributed by atoms with Crippen molar-refractivity contribution in [2.24, 2.45) is 5.16 Å². The van der Waals surface area contributed by atoms with E-state index in [0.717, 1.165) is 4.88 Å². The Hall–Kier alpha value is -0.540. The van der Waals surface area contributed by atoms with Crippen molar-refractivity contribution in [3.8, 4) is 0 Å². The molecule has 0 aromatic carbocycles. The van der Waals surface area contributed by atoms with Crippen LogP contribution in [0.15, 0.2) is 22.7 Å². The topological polar surface area (TPSA) is 32.6 Å². The molecule has 1 rings (SSSR count). The summed E-state index contributed by atoms with van der Waals surface area (Å²) in [4.78, 5) is 0.965. The van der Waals surface area contributed by atoms with Gasteiger partial charge in [-0.15, -0.1) is 23.7 Å². The maximum Gasteiger partial charge on any atom is 0.0833 e. The Kier molecular flexibility index (Phi) is 4.09. The fraction of sp³-hybridized carbons (Fsp3) is 0. The van der Waals surface area contributed by atoms with Crippen LogP contribution in [-0.2, 0) is 0 Å². The predicted molar refractivity (Wildman–Crippen MR) is 40.9 cm³/mol. The normalized spacial score (nSPS) is 9.33. The molecule has 1 aromatic rings. The van der Waals surface area contributed by atoms with Gasteiger partial charge in [-0.3, -0.25) is 0 Å². The van der Waals surface area contributed by atoms with E-state index < -0.39 is 0 Å². The largest absolute Gasteiger partial charge is 0.411 e. The third-order valence-electron chi connectivity index (χ3n) is 0.728. The second-order valence-corrected chi connectivity index (χ2v) is 2.24. The van der Waals surface area contributed by atoms with E-state index in [9.17, 15) is 0 Å². The predicted octanol–water partition coefficient (Wildman–Crippen LogP) is 1.98. The third-order valence-corrected chi connectivity index (χ3v) is 1.54. The van der Waals surface area contributed by atoms with E-state index in [1.54, 1.807) is 0 Å². The number of hydrogen-bond donors (Lipinski definition) is 1. The van der Waals surface area contributed by atoms with Crippen molar-refractivity contribution in [1.82, 2.24) is 0 Å². The lowest BCUT2D eigenvalue weighted by atomic mass is 10.5. The molecule has 0 bridgehead atoms.